The van der Waals surface area contributed by atoms with E-state index in [1.807, 2.05) is 0 Å². The van der Waals surface area contributed by atoms with Crippen LogP contribution >= 0.6 is 0 Å². The highest BCUT2D eigenvalue weighted by Crippen LogP contribution is 2.17. The van der Waals surface area contributed by atoms with E-state index in [2.05, 4.69) is 27.7 Å². The molecule has 0 saturated carbocycles. The Morgan fingerprint density at radius 2 is 0.447 bits per heavy atom. The van der Waals surface area contributed by atoms with Gasteiger partial charge in [-0.3, -0.25) is 0 Å². The Hall–Kier alpha value is 0.0249. The van der Waals surface area contributed by atoms with Gasteiger partial charge in [-0.05, 0) is 39.5 Å². The van der Waals surface area contributed by atoms with Crippen LogP contribution in [0.5, 0.6) is 0 Å². The second-order valence-electron chi connectivity index (χ2n) is 12.6. The average Bonchev–Trinajstić information content (AvgIpc) is 2.92. The van der Waals surface area contributed by atoms with Crippen molar-refractivity contribution in [1.29, 1.82) is 0 Å². The van der Waals surface area contributed by atoms with Gasteiger partial charge in [-0.25, -0.2) is 0 Å². The minimum absolute atomic E-state index is 0. The highest BCUT2D eigenvalue weighted by Gasteiger charge is 2.21. The molecule has 0 bridgehead atoms. The van der Waals surface area contributed by atoms with E-state index in [4.69, 9.17) is 0 Å². The molecule has 0 aliphatic heterocycles. The summed E-state index contributed by atoms with van der Waals surface area (Å²) < 4.78 is 1.39. The van der Waals surface area contributed by atoms with Gasteiger partial charge in [0.05, 0.1) is 26.2 Å². The van der Waals surface area contributed by atoms with Crippen LogP contribution in [0, 0.1) is 0 Å². The molecule has 0 spiro atoms. The minimum Gasteiger partial charge on any atom is -1.00 e. The predicted molar refractivity (Wildman–Crippen MR) is 177 cm³/mol. The molecule has 0 unspecified atom stereocenters. The van der Waals surface area contributed by atoms with Crippen molar-refractivity contribution in [3.8, 4) is 0 Å². The maximum Gasteiger partial charge on any atom is 0.0786 e. The first-order valence-electron chi connectivity index (χ1n) is 18.1. The molecule has 1 nitrogen and oxygen atoms in total. The van der Waals surface area contributed by atoms with E-state index in [0.717, 1.165) is 0 Å². The summed E-state index contributed by atoms with van der Waals surface area (Å²) in [5.74, 6) is 0. The molecule has 0 aliphatic rings. The lowest BCUT2D eigenvalue weighted by molar-refractivity contribution is -0.925. The molecule has 4 radical (unpaired) electrons. The maximum absolute atomic E-state index is 2.44. The number of rotatable bonds is 32. The van der Waals surface area contributed by atoms with Gasteiger partial charge in [-0.2, -0.15) is 0 Å². The van der Waals surface area contributed by atoms with Crippen LogP contribution in [0.25, 0.3) is 0 Å². The molecule has 0 N–H and O–H groups in total. The lowest BCUT2D eigenvalue weighted by Gasteiger charge is -2.37. The summed E-state index contributed by atoms with van der Waals surface area (Å²) in [7, 11) is 0. The normalized spacial score (nSPS) is 11.7. The summed E-state index contributed by atoms with van der Waals surface area (Å²) in [6.45, 7) is 15.1. The van der Waals surface area contributed by atoms with E-state index >= 15 is 0 Å². The molecule has 0 rings (SSSR count). The lowest BCUT2D eigenvalue weighted by atomic mass is 10.0. The summed E-state index contributed by atoms with van der Waals surface area (Å²) in [5.41, 5.74) is 0. The Morgan fingerprint density at radius 1 is 0.263 bits per heavy atom. The minimum atomic E-state index is 0. The van der Waals surface area contributed by atoms with Gasteiger partial charge in [-0.1, -0.05) is 168 Å². The van der Waals surface area contributed by atoms with E-state index in [9.17, 15) is 0 Å². The third-order valence-corrected chi connectivity index (χ3v) is 9.31. The molecule has 0 aromatic heterocycles. The summed E-state index contributed by atoms with van der Waals surface area (Å²) in [4.78, 5) is 0. The van der Waals surface area contributed by atoms with Crippen LogP contribution < -0.4 is 0 Å². The van der Waals surface area contributed by atoms with Crippen molar-refractivity contribution in [2.45, 2.75) is 207 Å². The second-order valence-corrected chi connectivity index (χ2v) is 12.6. The molecule has 0 fully saturated rings. The van der Waals surface area contributed by atoms with Crippen LogP contribution in [0.4, 0.5) is 0 Å². The number of quaternary nitrogens is 1. The van der Waals surface area contributed by atoms with E-state index in [1.54, 1.807) is 0 Å². The van der Waals surface area contributed by atoms with Gasteiger partial charge >= 0.3 is 0 Å². The molecule has 0 atom stereocenters. The van der Waals surface area contributed by atoms with Gasteiger partial charge < -0.3 is 12.9 Å². The first-order chi connectivity index (χ1) is 18.2. The second kappa shape index (κ2) is 33.2. The fourth-order valence-corrected chi connectivity index (χ4v) is 6.25. The Bertz CT molecular complexity index is 372. The molecular weight excluding hydrogens is 457 g/mol. The topological polar surface area (TPSA) is 0 Å². The van der Waals surface area contributed by atoms with Crippen molar-refractivity contribution in [2.24, 2.45) is 0 Å². The summed E-state index contributed by atoms with van der Waals surface area (Å²) in [5, 5.41) is 0. The van der Waals surface area contributed by atoms with Crippen molar-refractivity contribution < 1.29 is 4.48 Å². The predicted octanol–water partition coefficient (Wildman–Crippen LogP) is 12.4. The van der Waals surface area contributed by atoms with Gasteiger partial charge in [0.25, 0.3) is 0 Å². The number of hydrogen-bond donors (Lipinski definition) is 0. The van der Waals surface area contributed by atoms with Crippen LogP contribution in [0.15, 0.2) is 0 Å². The van der Waals surface area contributed by atoms with Gasteiger partial charge in [0.1, 0.15) is 0 Å². The molecule has 0 aromatic carbocycles. The van der Waals surface area contributed by atoms with Crippen molar-refractivity contribution >= 4 is 8.41 Å². The number of hydrogen-bond acceptors (Lipinski definition) is 0. The fourth-order valence-electron chi connectivity index (χ4n) is 6.25. The Balaban J connectivity index is 0. The molecule has 2 heteroatoms. The highest BCUT2D eigenvalue weighted by atomic mass is 15.3. The van der Waals surface area contributed by atoms with Gasteiger partial charge in [0.2, 0.25) is 0 Å². The fraction of sp³-hybridized carbons (Fsp3) is 1.00. The zero-order chi connectivity index (χ0) is 27.1. The zero-order valence-electron chi connectivity index (χ0n) is 27.7. The molecule has 0 aliphatic carbocycles. The smallest absolute Gasteiger partial charge is 0.0786 e. The SMILES string of the molecule is CCCCCCCCCCCCCCCC[N+](CC)(CC)CCCCCCCCCCCCCCCC.[B-]. The van der Waals surface area contributed by atoms with E-state index in [0.29, 0.717) is 0 Å². The molecular formula is C36H76BN. The molecule has 0 saturated heterocycles. The van der Waals surface area contributed by atoms with Crippen molar-refractivity contribution in [3.63, 3.8) is 0 Å². The third kappa shape index (κ3) is 27.6. The van der Waals surface area contributed by atoms with Gasteiger partial charge in [0.15, 0.2) is 0 Å². The monoisotopic (exact) mass is 534 g/mol. The average molecular weight is 534 g/mol. The Kier molecular flexibility index (Phi) is 35.1. The highest BCUT2D eigenvalue weighted by molar-refractivity contribution is 5.75. The summed E-state index contributed by atoms with van der Waals surface area (Å²) in [6.07, 6.45) is 41.1. The van der Waals surface area contributed by atoms with Crippen LogP contribution in [0.3, 0.4) is 0 Å². The van der Waals surface area contributed by atoms with Crippen molar-refractivity contribution in [2.75, 3.05) is 26.2 Å². The van der Waals surface area contributed by atoms with Crippen molar-refractivity contribution in [3.05, 3.63) is 0 Å². The third-order valence-electron chi connectivity index (χ3n) is 9.31. The van der Waals surface area contributed by atoms with Crippen LogP contribution in [0.1, 0.15) is 207 Å². The maximum atomic E-state index is 2.44. The van der Waals surface area contributed by atoms with E-state index < -0.39 is 0 Å². The number of nitrogens with zero attached hydrogens (tertiary/aromatic N) is 1. The molecule has 0 amide bonds. The largest absolute Gasteiger partial charge is 1.00 e. The summed E-state index contributed by atoms with van der Waals surface area (Å²) in [6, 6.07) is 0. The van der Waals surface area contributed by atoms with Gasteiger partial charge in [0, 0.05) is 0 Å². The van der Waals surface area contributed by atoms with Crippen LogP contribution in [-0.2, 0) is 0 Å². The Labute approximate surface area is 246 Å². The quantitative estimate of drug-likeness (QED) is 0.0458. The van der Waals surface area contributed by atoms with Crippen molar-refractivity contribution in [1.82, 2.24) is 0 Å². The van der Waals surface area contributed by atoms with E-state index in [-0.39, 0.29) is 8.41 Å². The van der Waals surface area contributed by atoms with Crippen LogP contribution in [0.2, 0.25) is 0 Å². The van der Waals surface area contributed by atoms with Crippen LogP contribution in [-0.4, -0.2) is 39.1 Å². The molecule has 0 heterocycles. The molecule has 38 heavy (non-hydrogen) atoms. The standard InChI is InChI=1S/C36H76N.B/c1-5-9-11-13-15-17-19-21-23-25-27-29-31-33-35-37(7-3,8-4)36-34-32-30-28-26-24-22-20-18-16-14-12-10-6-2;/h5-36H2,1-4H3;/q+1;-1. The summed E-state index contributed by atoms with van der Waals surface area (Å²) >= 11 is 0. The molecule has 0 aromatic rings. The lowest BCUT2D eigenvalue weighted by Crippen LogP contribution is -2.49. The number of unbranched alkanes of at least 4 members (excludes halogenated alkanes) is 26. The molecule has 228 valence electrons. The van der Waals surface area contributed by atoms with E-state index in [1.165, 1.54) is 210 Å². The first kappa shape index (κ1) is 40.2. The zero-order valence-corrected chi connectivity index (χ0v) is 27.7. The first-order valence-corrected chi connectivity index (χ1v) is 18.1. The van der Waals surface area contributed by atoms with Gasteiger partial charge in [-0.15, -0.1) is 0 Å². The Morgan fingerprint density at radius 3 is 0.632 bits per heavy atom.